The number of carbonyl (C=O) groups is 1. The molecule has 2 aromatic carbocycles. The van der Waals surface area contributed by atoms with Gasteiger partial charge in [0, 0.05) is 13.1 Å². The number of imidazole rings is 1. The third-order valence-electron chi connectivity index (χ3n) is 5.08. The van der Waals surface area contributed by atoms with Crippen LogP contribution in [0, 0.1) is 0 Å². The number of hydrogen-bond donors (Lipinski definition) is 1. The summed E-state index contributed by atoms with van der Waals surface area (Å²) in [5.41, 5.74) is 1.25. The van der Waals surface area contributed by atoms with E-state index in [-0.39, 0.29) is 17.6 Å². The molecule has 1 aromatic heterocycles. The number of amides is 1. The van der Waals surface area contributed by atoms with Crippen LogP contribution in [0.15, 0.2) is 48.5 Å². The summed E-state index contributed by atoms with van der Waals surface area (Å²) in [7, 11) is 0. The van der Waals surface area contributed by atoms with Gasteiger partial charge >= 0.3 is 6.18 Å². The van der Waals surface area contributed by atoms with Gasteiger partial charge in [-0.1, -0.05) is 30.3 Å². The molecule has 0 radical (unpaired) electrons. The van der Waals surface area contributed by atoms with Crippen LogP contribution >= 0.6 is 0 Å². The maximum Gasteiger partial charge on any atom is 0.416 e. The summed E-state index contributed by atoms with van der Waals surface area (Å²) in [6, 6.07) is 13.1. The Morgan fingerprint density at radius 2 is 1.70 bits per heavy atom. The van der Waals surface area contributed by atoms with Crippen LogP contribution in [0.25, 0.3) is 11.0 Å². The number of aromatic amines is 1. The average Bonchev–Trinajstić information content (AvgIpc) is 3.11. The molecular weight excluding hydrogens is 355 g/mol. The lowest BCUT2D eigenvalue weighted by Gasteiger charge is -2.32. The molecule has 0 saturated carbocycles. The number of nitrogens with zero attached hydrogens (tertiary/aromatic N) is 2. The summed E-state index contributed by atoms with van der Waals surface area (Å²) in [5.74, 6) is -0.151. The number of likely N-dealkylation sites (tertiary alicyclic amines) is 1. The van der Waals surface area contributed by atoms with Crippen molar-refractivity contribution in [3.63, 3.8) is 0 Å². The molecule has 0 atom stereocenters. The summed E-state index contributed by atoms with van der Waals surface area (Å²) in [6.45, 7) is 0.819. The second-order valence-corrected chi connectivity index (χ2v) is 6.75. The van der Waals surface area contributed by atoms with Crippen molar-refractivity contribution in [2.75, 3.05) is 13.1 Å². The molecule has 4 nitrogen and oxygen atoms in total. The molecule has 3 aromatic rings. The number of alkyl halides is 3. The van der Waals surface area contributed by atoms with Crippen LogP contribution in [-0.4, -0.2) is 33.9 Å². The number of benzene rings is 2. The van der Waals surface area contributed by atoms with Gasteiger partial charge in [0.15, 0.2) is 5.82 Å². The molecule has 0 aliphatic carbocycles. The number of hydrogen-bond acceptors (Lipinski definition) is 2. The Hall–Kier alpha value is -2.83. The SMILES string of the molecule is O=C(c1nc2ccccc2[nH]1)N1CCC(c2ccccc2C(F)(F)F)CC1. The number of nitrogens with one attached hydrogen (secondary N) is 1. The number of carbonyl (C=O) groups excluding carboxylic acids is 1. The molecule has 2 heterocycles. The highest BCUT2D eigenvalue weighted by Gasteiger charge is 2.36. The highest BCUT2D eigenvalue weighted by Crippen LogP contribution is 2.38. The van der Waals surface area contributed by atoms with Crippen LogP contribution < -0.4 is 0 Å². The Morgan fingerprint density at radius 1 is 1.04 bits per heavy atom. The first kappa shape index (κ1) is 17.6. The number of para-hydroxylation sites is 2. The van der Waals surface area contributed by atoms with Gasteiger partial charge in [-0.3, -0.25) is 4.79 Å². The van der Waals surface area contributed by atoms with Crippen molar-refractivity contribution in [2.24, 2.45) is 0 Å². The Morgan fingerprint density at radius 3 is 2.41 bits per heavy atom. The van der Waals surface area contributed by atoms with E-state index in [4.69, 9.17) is 0 Å². The first-order valence-corrected chi connectivity index (χ1v) is 8.83. The van der Waals surface area contributed by atoms with E-state index in [0.717, 1.165) is 17.1 Å². The van der Waals surface area contributed by atoms with Gasteiger partial charge in [0.1, 0.15) is 0 Å². The predicted octanol–water partition coefficient (Wildman–Crippen LogP) is 4.60. The quantitative estimate of drug-likeness (QED) is 0.714. The Kier molecular flexibility index (Phi) is 4.37. The topological polar surface area (TPSA) is 49.0 Å². The molecule has 1 aliphatic rings. The first-order chi connectivity index (χ1) is 12.9. The van der Waals surface area contributed by atoms with Gasteiger partial charge in [-0.15, -0.1) is 0 Å². The number of H-pyrrole nitrogens is 1. The van der Waals surface area contributed by atoms with E-state index in [9.17, 15) is 18.0 Å². The van der Waals surface area contributed by atoms with E-state index in [1.807, 2.05) is 24.3 Å². The summed E-state index contributed by atoms with van der Waals surface area (Å²) in [5, 5.41) is 0. The Labute approximate surface area is 154 Å². The summed E-state index contributed by atoms with van der Waals surface area (Å²) < 4.78 is 39.8. The lowest BCUT2D eigenvalue weighted by molar-refractivity contribution is -0.138. The largest absolute Gasteiger partial charge is 0.416 e. The van der Waals surface area contributed by atoms with Gasteiger partial charge in [-0.25, -0.2) is 4.98 Å². The van der Waals surface area contributed by atoms with Crippen molar-refractivity contribution in [1.29, 1.82) is 0 Å². The van der Waals surface area contributed by atoms with E-state index in [0.29, 0.717) is 31.5 Å². The van der Waals surface area contributed by atoms with Crippen LogP contribution in [0.5, 0.6) is 0 Å². The van der Waals surface area contributed by atoms with Crippen molar-refractivity contribution >= 4 is 16.9 Å². The molecule has 7 heteroatoms. The minimum atomic E-state index is -4.36. The zero-order chi connectivity index (χ0) is 19.0. The molecule has 1 amide bonds. The molecule has 1 saturated heterocycles. The molecule has 1 fully saturated rings. The van der Waals surface area contributed by atoms with Gasteiger partial charge in [0.25, 0.3) is 5.91 Å². The van der Waals surface area contributed by atoms with E-state index in [2.05, 4.69) is 9.97 Å². The third-order valence-corrected chi connectivity index (χ3v) is 5.08. The normalized spacial score (nSPS) is 16.0. The van der Waals surface area contributed by atoms with E-state index in [1.54, 1.807) is 17.0 Å². The molecule has 4 rings (SSSR count). The van der Waals surface area contributed by atoms with Crippen molar-refractivity contribution in [1.82, 2.24) is 14.9 Å². The number of halogens is 3. The fourth-order valence-corrected chi connectivity index (χ4v) is 3.71. The number of fused-ring (bicyclic) bond motifs is 1. The van der Waals surface area contributed by atoms with Crippen LogP contribution in [-0.2, 0) is 6.18 Å². The lowest BCUT2D eigenvalue weighted by atomic mass is 9.86. The van der Waals surface area contributed by atoms with Crippen LogP contribution in [0.1, 0.15) is 40.5 Å². The second-order valence-electron chi connectivity index (χ2n) is 6.75. The third kappa shape index (κ3) is 3.41. The summed E-state index contributed by atoms with van der Waals surface area (Å²) in [4.78, 5) is 21.7. The van der Waals surface area contributed by atoms with Crippen molar-refractivity contribution in [3.05, 3.63) is 65.5 Å². The highest BCUT2D eigenvalue weighted by atomic mass is 19.4. The van der Waals surface area contributed by atoms with E-state index < -0.39 is 11.7 Å². The summed E-state index contributed by atoms with van der Waals surface area (Å²) >= 11 is 0. The van der Waals surface area contributed by atoms with Gasteiger partial charge in [-0.2, -0.15) is 13.2 Å². The highest BCUT2D eigenvalue weighted by molar-refractivity contribution is 5.94. The van der Waals surface area contributed by atoms with Gasteiger partial charge < -0.3 is 9.88 Å². The maximum atomic E-state index is 13.3. The standard InChI is InChI=1S/C20H18F3N3O/c21-20(22,23)15-6-2-1-5-14(15)13-9-11-26(12-10-13)19(27)18-24-16-7-3-4-8-17(16)25-18/h1-8,13H,9-12H2,(H,24,25). The van der Waals surface area contributed by atoms with Crippen LogP contribution in [0.2, 0.25) is 0 Å². The smallest absolute Gasteiger partial charge is 0.336 e. The second kappa shape index (κ2) is 6.72. The number of aromatic nitrogens is 2. The molecule has 27 heavy (non-hydrogen) atoms. The molecule has 1 N–H and O–H groups in total. The molecule has 0 spiro atoms. The summed E-state index contributed by atoms with van der Waals surface area (Å²) in [6.07, 6.45) is -3.37. The van der Waals surface area contributed by atoms with Gasteiger partial charge in [0.2, 0.25) is 0 Å². The Balaban J connectivity index is 1.49. The molecule has 0 bridgehead atoms. The molecule has 1 aliphatic heterocycles. The predicted molar refractivity (Wildman–Crippen MR) is 95.4 cm³/mol. The van der Waals surface area contributed by atoms with Gasteiger partial charge in [-0.05, 0) is 42.5 Å². The molecule has 0 unspecified atom stereocenters. The fourth-order valence-electron chi connectivity index (χ4n) is 3.71. The molecule has 140 valence electrons. The monoisotopic (exact) mass is 373 g/mol. The van der Waals surface area contributed by atoms with Crippen LogP contribution in [0.3, 0.4) is 0 Å². The zero-order valence-corrected chi connectivity index (χ0v) is 14.5. The zero-order valence-electron chi connectivity index (χ0n) is 14.5. The van der Waals surface area contributed by atoms with E-state index >= 15 is 0 Å². The fraction of sp³-hybridized carbons (Fsp3) is 0.300. The number of rotatable bonds is 2. The minimum absolute atomic E-state index is 0.206. The molecular formula is C20H18F3N3O. The lowest BCUT2D eigenvalue weighted by Crippen LogP contribution is -2.38. The minimum Gasteiger partial charge on any atom is -0.336 e. The Bertz CT molecular complexity index is 939. The van der Waals surface area contributed by atoms with Gasteiger partial charge in [0.05, 0.1) is 16.6 Å². The maximum absolute atomic E-state index is 13.3. The van der Waals surface area contributed by atoms with Crippen molar-refractivity contribution in [3.8, 4) is 0 Å². The van der Waals surface area contributed by atoms with Crippen molar-refractivity contribution < 1.29 is 18.0 Å². The number of piperidine rings is 1. The van der Waals surface area contributed by atoms with Crippen molar-refractivity contribution in [2.45, 2.75) is 24.9 Å². The van der Waals surface area contributed by atoms with Crippen LogP contribution in [0.4, 0.5) is 13.2 Å². The average molecular weight is 373 g/mol. The van der Waals surface area contributed by atoms with E-state index in [1.165, 1.54) is 6.07 Å². The first-order valence-electron chi connectivity index (χ1n) is 8.83.